The summed E-state index contributed by atoms with van der Waals surface area (Å²) in [6, 6.07) is 1.94. The lowest BCUT2D eigenvalue weighted by molar-refractivity contribution is 0.532. The molecule has 3 rings (SSSR count). The normalized spacial score (nSPS) is 16.1. The Hall–Kier alpha value is -1.91. The molecule has 1 aliphatic rings. The fraction of sp³-hybridized carbons (Fsp3) is 0.533. The topological polar surface area (TPSA) is 63.6 Å². The first-order chi connectivity index (χ1) is 9.63. The van der Waals surface area contributed by atoms with E-state index in [-0.39, 0.29) is 5.56 Å². The van der Waals surface area contributed by atoms with Crippen molar-refractivity contribution in [1.82, 2.24) is 19.7 Å². The third-order valence-electron chi connectivity index (χ3n) is 3.94. The van der Waals surface area contributed by atoms with Gasteiger partial charge in [0.25, 0.3) is 5.56 Å². The molecule has 0 aromatic carbocycles. The van der Waals surface area contributed by atoms with Gasteiger partial charge in [-0.2, -0.15) is 5.10 Å². The van der Waals surface area contributed by atoms with Crippen molar-refractivity contribution in [3.05, 3.63) is 34.5 Å². The first-order valence-corrected chi connectivity index (χ1v) is 7.29. The van der Waals surface area contributed by atoms with Crippen LogP contribution in [0.15, 0.2) is 23.3 Å². The molecule has 0 aliphatic heterocycles. The van der Waals surface area contributed by atoms with Crippen LogP contribution in [0.5, 0.6) is 0 Å². The van der Waals surface area contributed by atoms with Gasteiger partial charge in [0.05, 0.1) is 17.5 Å². The minimum Gasteiger partial charge on any atom is -0.306 e. The molecule has 0 unspecified atom stereocenters. The van der Waals surface area contributed by atoms with E-state index in [1.807, 2.05) is 10.9 Å². The highest BCUT2D eigenvalue weighted by Crippen LogP contribution is 2.32. The molecule has 5 nitrogen and oxygen atoms in total. The molecule has 20 heavy (non-hydrogen) atoms. The van der Waals surface area contributed by atoms with Crippen molar-refractivity contribution >= 4 is 0 Å². The first-order valence-electron chi connectivity index (χ1n) is 7.29. The van der Waals surface area contributed by atoms with E-state index in [4.69, 9.17) is 0 Å². The van der Waals surface area contributed by atoms with Gasteiger partial charge >= 0.3 is 0 Å². The van der Waals surface area contributed by atoms with Gasteiger partial charge in [-0.15, -0.1) is 0 Å². The van der Waals surface area contributed by atoms with E-state index in [2.05, 4.69) is 28.9 Å². The van der Waals surface area contributed by atoms with Gasteiger partial charge in [-0.1, -0.05) is 12.8 Å². The highest BCUT2D eigenvalue weighted by molar-refractivity contribution is 5.52. The summed E-state index contributed by atoms with van der Waals surface area (Å²) in [6.45, 7) is 4.14. The molecule has 0 bridgehead atoms. The Morgan fingerprint density at radius 3 is 2.75 bits per heavy atom. The van der Waals surface area contributed by atoms with Crippen LogP contribution < -0.4 is 5.56 Å². The molecule has 2 aromatic heterocycles. The molecule has 106 valence electrons. The van der Waals surface area contributed by atoms with Crippen molar-refractivity contribution in [3.8, 4) is 11.4 Å². The van der Waals surface area contributed by atoms with E-state index in [1.165, 1.54) is 12.8 Å². The first kappa shape index (κ1) is 13.1. The quantitative estimate of drug-likeness (QED) is 0.934. The van der Waals surface area contributed by atoms with Crippen LogP contribution in [0.2, 0.25) is 0 Å². The maximum absolute atomic E-state index is 11.9. The lowest BCUT2D eigenvalue weighted by Crippen LogP contribution is -2.12. The molecule has 1 saturated carbocycles. The number of H-pyrrole nitrogens is 1. The average molecular weight is 272 g/mol. The van der Waals surface area contributed by atoms with Gasteiger partial charge in [0.2, 0.25) is 0 Å². The summed E-state index contributed by atoms with van der Waals surface area (Å²) in [4.78, 5) is 19.3. The lowest BCUT2D eigenvalue weighted by atomic mass is 10.0. The van der Waals surface area contributed by atoms with Crippen LogP contribution in [0.25, 0.3) is 11.4 Å². The molecule has 1 N–H and O–H groups in total. The Labute approximate surface area is 118 Å². The second-order valence-corrected chi connectivity index (χ2v) is 5.80. The average Bonchev–Trinajstić information content (AvgIpc) is 3.10. The van der Waals surface area contributed by atoms with Crippen LogP contribution in [-0.4, -0.2) is 19.7 Å². The van der Waals surface area contributed by atoms with Crippen molar-refractivity contribution in [2.45, 2.75) is 51.5 Å². The van der Waals surface area contributed by atoms with Crippen molar-refractivity contribution in [2.24, 2.45) is 0 Å². The summed E-state index contributed by atoms with van der Waals surface area (Å²) in [7, 11) is 0. The van der Waals surface area contributed by atoms with Crippen LogP contribution in [0.4, 0.5) is 0 Å². The smallest absolute Gasteiger partial charge is 0.251 e. The lowest BCUT2D eigenvalue weighted by Gasteiger charge is -2.09. The van der Waals surface area contributed by atoms with Crippen LogP contribution in [0, 0.1) is 0 Å². The zero-order valence-electron chi connectivity index (χ0n) is 12.0. The fourth-order valence-electron chi connectivity index (χ4n) is 2.79. The van der Waals surface area contributed by atoms with E-state index in [0.717, 1.165) is 24.1 Å². The third-order valence-corrected chi connectivity index (χ3v) is 3.94. The molecule has 0 amide bonds. The maximum atomic E-state index is 11.9. The molecule has 2 aromatic rings. The number of aromatic amines is 1. The summed E-state index contributed by atoms with van der Waals surface area (Å²) >= 11 is 0. The SMILES string of the molecule is CC(C)n1cc(-c2nc(C3CCCC3)cc(=O)[nH]2)cn1. The Morgan fingerprint density at radius 1 is 1.35 bits per heavy atom. The number of rotatable bonds is 3. The van der Waals surface area contributed by atoms with Crippen LogP contribution >= 0.6 is 0 Å². The van der Waals surface area contributed by atoms with Gasteiger partial charge in [0.15, 0.2) is 0 Å². The van der Waals surface area contributed by atoms with Gasteiger partial charge in [-0.25, -0.2) is 4.98 Å². The monoisotopic (exact) mass is 272 g/mol. The Kier molecular flexibility index (Phi) is 3.42. The molecule has 1 fully saturated rings. The van der Waals surface area contributed by atoms with Gasteiger partial charge in [-0.3, -0.25) is 9.48 Å². The molecule has 2 heterocycles. The molecule has 1 aliphatic carbocycles. The Bertz CT molecular complexity index is 650. The fourth-order valence-corrected chi connectivity index (χ4v) is 2.79. The molecular formula is C15H20N4O. The van der Waals surface area contributed by atoms with E-state index >= 15 is 0 Å². The predicted molar refractivity (Wildman–Crippen MR) is 77.7 cm³/mol. The number of nitrogens with zero attached hydrogens (tertiary/aromatic N) is 3. The summed E-state index contributed by atoms with van der Waals surface area (Å²) in [5, 5.41) is 4.30. The summed E-state index contributed by atoms with van der Waals surface area (Å²) in [6.07, 6.45) is 8.44. The molecule has 5 heteroatoms. The minimum atomic E-state index is -0.0748. The van der Waals surface area contributed by atoms with Gasteiger partial charge in [0, 0.05) is 24.2 Å². The molecule has 0 radical (unpaired) electrons. The minimum absolute atomic E-state index is 0.0748. The molecule has 0 saturated heterocycles. The zero-order valence-corrected chi connectivity index (χ0v) is 12.0. The Morgan fingerprint density at radius 2 is 2.10 bits per heavy atom. The van der Waals surface area contributed by atoms with Crippen molar-refractivity contribution in [3.63, 3.8) is 0 Å². The van der Waals surface area contributed by atoms with Crippen molar-refractivity contribution in [2.75, 3.05) is 0 Å². The summed E-state index contributed by atoms with van der Waals surface area (Å²) in [5.74, 6) is 1.07. The van der Waals surface area contributed by atoms with Crippen LogP contribution in [-0.2, 0) is 0 Å². The van der Waals surface area contributed by atoms with Crippen molar-refractivity contribution in [1.29, 1.82) is 0 Å². The Balaban J connectivity index is 1.97. The van der Waals surface area contributed by atoms with Gasteiger partial charge < -0.3 is 4.98 Å². The number of hydrogen-bond acceptors (Lipinski definition) is 3. The highest BCUT2D eigenvalue weighted by atomic mass is 16.1. The maximum Gasteiger partial charge on any atom is 0.251 e. The van der Waals surface area contributed by atoms with Gasteiger partial charge in [0.1, 0.15) is 5.82 Å². The van der Waals surface area contributed by atoms with E-state index in [0.29, 0.717) is 17.8 Å². The van der Waals surface area contributed by atoms with E-state index in [9.17, 15) is 4.79 Å². The summed E-state index contributed by atoms with van der Waals surface area (Å²) in [5.41, 5.74) is 1.73. The van der Waals surface area contributed by atoms with Gasteiger partial charge in [-0.05, 0) is 26.7 Å². The molecular weight excluding hydrogens is 252 g/mol. The number of hydrogen-bond donors (Lipinski definition) is 1. The standard InChI is InChI=1S/C15H20N4O/c1-10(2)19-9-12(8-16-19)15-17-13(7-14(20)18-15)11-5-3-4-6-11/h7-11H,3-6H2,1-2H3,(H,17,18,20). The van der Waals surface area contributed by atoms with Crippen LogP contribution in [0.3, 0.4) is 0 Å². The largest absolute Gasteiger partial charge is 0.306 e. The van der Waals surface area contributed by atoms with E-state index in [1.54, 1.807) is 12.3 Å². The van der Waals surface area contributed by atoms with Crippen molar-refractivity contribution < 1.29 is 0 Å². The molecule has 0 spiro atoms. The predicted octanol–water partition coefficient (Wildman–Crippen LogP) is 2.87. The second kappa shape index (κ2) is 5.23. The summed E-state index contributed by atoms with van der Waals surface area (Å²) < 4.78 is 1.87. The molecule has 0 atom stereocenters. The highest BCUT2D eigenvalue weighted by Gasteiger charge is 2.20. The number of nitrogens with one attached hydrogen (secondary N) is 1. The second-order valence-electron chi connectivity index (χ2n) is 5.80. The third kappa shape index (κ3) is 2.53. The van der Waals surface area contributed by atoms with E-state index < -0.39 is 0 Å². The number of aromatic nitrogens is 4. The van der Waals surface area contributed by atoms with Crippen LogP contribution in [0.1, 0.15) is 57.2 Å². The zero-order chi connectivity index (χ0) is 14.1.